The maximum atomic E-state index is 11.9. The number of hydrogen-bond donors (Lipinski definition) is 2. The molecule has 4 nitrogen and oxygen atoms in total. The molecule has 1 unspecified atom stereocenters. The van der Waals surface area contributed by atoms with E-state index in [4.69, 9.17) is 0 Å². The molecule has 4 heteroatoms. The minimum atomic E-state index is 0.00842. The van der Waals surface area contributed by atoms with Gasteiger partial charge in [0.05, 0.1) is 6.42 Å². The standard InChI is InChI=1S/C16H22N2O2/c1-12-5-4-6-13(9-12)10-16(20)17-11-14-7-2-3-8-15(19)18-14/h4-6,9,14H,2-3,7-8,10-11H2,1H3,(H,17,20)(H,18,19). The lowest BCUT2D eigenvalue weighted by Gasteiger charge is -2.16. The summed E-state index contributed by atoms with van der Waals surface area (Å²) in [4.78, 5) is 23.4. The summed E-state index contributed by atoms with van der Waals surface area (Å²) in [6.07, 6.45) is 3.92. The number of benzene rings is 1. The summed E-state index contributed by atoms with van der Waals surface area (Å²) < 4.78 is 0. The van der Waals surface area contributed by atoms with Crippen molar-refractivity contribution < 1.29 is 9.59 Å². The van der Waals surface area contributed by atoms with Gasteiger partial charge in [-0.2, -0.15) is 0 Å². The molecule has 2 N–H and O–H groups in total. The molecule has 0 bridgehead atoms. The second-order valence-electron chi connectivity index (χ2n) is 5.48. The molecule has 1 aromatic carbocycles. The first kappa shape index (κ1) is 14.6. The summed E-state index contributed by atoms with van der Waals surface area (Å²) in [6.45, 7) is 2.54. The minimum absolute atomic E-state index is 0.00842. The lowest BCUT2D eigenvalue weighted by atomic mass is 10.1. The first-order valence-corrected chi connectivity index (χ1v) is 7.25. The fraction of sp³-hybridized carbons (Fsp3) is 0.500. The Balaban J connectivity index is 1.78. The summed E-state index contributed by atoms with van der Waals surface area (Å²) >= 11 is 0. The van der Waals surface area contributed by atoms with Crippen LogP contribution in [-0.4, -0.2) is 24.4 Å². The van der Waals surface area contributed by atoms with Crippen molar-refractivity contribution in [1.82, 2.24) is 10.6 Å². The van der Waals surface area contributed by atoms with Crippen LogP contribution in [0.5, 0.6) is 0 Å². The van der Waals surface area contributed by atoms with Gasteiger partial charge in [-0.1, -0.05) is 36.2 Å². The van der Waals surface area contributed by atoms with E-state index in [2.05, 4.69) is 10.6 Å². The normalized spacial score (nSPS) is 19.1. The van der Waals surface area contributed by atoms with Crippen molar-refractivity contribution in [1.29, 1.82) is 0 Å². The van der Waals surface area contributed by atoms with E-state index in [1.54, 1.807) is 0 Å². The molecule has 1 aromatic rings. The molecule has 0 spiro atoms. The molecule has 2 rings (SSSR count). The number of aryl methyl sites for hydroxylation is 1. The van der Waals surface area contributed by atoms with Gasteiger partial charge in [-0.15, -0.1) is 0 Å². The zero-order valence-corrected chi connectivity index (χ0v) is 11.9. The number of amides is 2. The number of carbonyl (C=O) groups is 2. The second kappa shape index (κ2) is 7.08. The van der Waals surface area contributed by atoms with E-state index >= 15 is 0 Å². The van der Waals surface area contributed by atoms with Crippen LogP contribution >= 0.6 is 0 Å². The van der Waals surface area contributed by atoms with Crippen molar-refractivity contribution in [2.45, 2.75) is 45.1 Å². The highest BCUT2D eigenvalue weighted by Gasteiger charge is 2.16. The van der Waals surface area contributed by atoms with Gasteiger partial charge in [0.25, 0.3) is 0 Å². The molecule has 1 fully saturated rings. The van der Waals surface area contributed by atoms with Crippen LogP contribution in [0.4, 0.5) is 0 Å². The molecule has 108 valence electrons. The van der Waals surface area contributed by atoms with Gasteiger partial charge in [-0.25, -0.2) is 0 Å². The third-order valence-electron chi connectivity index (χ3n) is 3.56. The van der Waals surface area contributed by atoms with Crippen molar-refractivity contribution in [3.63, 3.8) is 0 Å². The van der Waals surface area contributed by atoms with Crippen molar-refractivity contribution in [3.8, 4) is 0 Å². The lowest BCUT2D eigenvalue weighted by molar-refractivity contribution is -0.123. The molecule has 20 heavy (non-hydrogen) atoms. The van der Waals surface area contributed by atoms with E-state index in [-0.39, 0.29) is 17.9 Å². The smallest absolute Gasteiger partial charge is 0.224 e. The molecule has 1 atom stereocenters. The third kappa shape index (κ3) is 4.68. The molecule has 1 heterocycles. The molecule has 0 aromatic heterocycles. The van der Waals surface area contributed by atoms with Crippen LogP contribution in [0.2, 0.25) is 0 Å². The first-order valence-electron chi connectivity index (χ1n) is 7.25. The van der Waals surface area contributed by atoms with Crippen LogP contribution in [0.1, 0.15) is 36.8 Å². The predicted octanol–water partition coefficient (Wildman–Crippen LogP) is 1.71. The first-order chi connectivity index (χ1) is 9.63. The molecule has 1 aliphatic rings. The number of nitrogens with one attached hydrogen (secondary N) is 2. The monoisotopic (exact) mass is 274 g/mol. The highest BCUT2D eigenvalue weighted by Crippen LogP contribution is 2.09. The van der Waals surface area contributed by atoms with E-state index in [1.807, 2.05) is 31.2 Å². The summed E-state index contributed by atoms with van der Waals surface area (Å²) in [5, 5.41) is 5.87. The SMILES string of the molecule is Cc1cccc(CC(=O)NCC2CCCCC(=O)N2)c1. The van der Waals surface area contributed by atoms with Gasteiger partial charge < -0.3 is 10.6 Å². The Kier molecular flexibility index (Phi) is 5.16. The molecule has 0 radical (unpaired) electrons. The molecule has 2 amide bonds. The van der Waals surface area contributed by atoms with E-state index in [0.29, 0.717) is 19.4 Å². The van der Waals surface area contributed by atoms with Gasteiger partial charge >= 0.3 is 0 Å². The van der Waals surface area contributed by atoms with Crippen molar-refractivity contribution in [3.05, 3.63) is 35.4 Å². The topological polar surface area (TPSA) is 58.2 Å². The molecular formula is C16H22N2O2. The van der Waals surface area contributed by atoms with Crippen LogP contribution in [0, 0.1) is 6.92 Å². The van der Waals surface area contributed by atoms with Gasteiger partial charge in [-0.3, -0.25) is 9.59 Å². The quantitative estimate of drug-likeness (QED) is 0.878. The third-order valence-corrected chi connectivity index (χ3v) is 3.56. The zero-order valence-electron chi connectivity index (χ0n) is 11.9. The van der Waals surface area contributed by atoms with Crippen LogP contribution in [-0.2, 0) is 16.0 Å². The van der Waals surface area contributed by atoms with Crippen molar-refractivity contribution in [2.75, 3.05) is 6.54 Å². The van der Waals surface area contributed by atoms with E-state index in [9.17, 15) is 9.59 Å². The predicted molar refractivity (Wildman–Crippen MR) is 78.3 cm³/mol. The Bertz CT molecular complexity index is 485. The van der Waals surface area contributed by atoms with Crippen LogP contribution in [0.15, 0.2) is 24.3 Å². The summed E-state index contributed by atoms with van der Waals surface area (Å²) in [7, 11) is 0. The van der Waals surface area contributed by atoms with Gasteiger partial charge in [0, 0.05) is 19.0 Å². The van der Waals surface area contributed by atoms with E-state index in [0.717, 1.165) is 30.4 Å². The Labute approximate surface area is 119 Å². The largest absolute Gasteiger partial charge is 0.354 e. The minimum Gasteiger partial charge on any atom is -0.354 e. The van der Waals surface area contributed by atoms with E-state index < -0.39 is 0 Å². The highest BCUT2D eigenvalue weighted by atomic mass is 16.2. The summed E-state index contributed by atoms with van der Waals surface area (Å²) in [5.74, 6) is 0.106. The Morgan fingerprint density at radius 2 is 2.25 bits per heavy atom. The Hall–Kier alpha value is -1.84. The molecule has 0 saturated carbocycles. The van der Waals surface area contributed by atoms with E-state index in [1.165, 1.54) is 0 Å². The highest BCUT2D eigenvalue weighted by molar-refractivity contribution is 5.79. The van der Waals surface area contributed by atoms with Gasteiger partial charge in [0.1, 0.15) is 0 Å². The maximum absolute atomic E-state index is 11.9. The van der Waals surface area contributed by atoms with Gasteiger partial charge in [0.15, 0.2) is 0 Å². The number of carbonyl (C=O) groups excluding carboxylic acids is 2. The molecule has 1 saturated heterocycles. The fourth-order valence-corrected chi connectivity index (χ4v) is 2.51. The van der Waals surface area contributed by atoms with Gasteiger partial charge in [0.2, 0.25) is 11.8 Å². The lowest BCUT2D eigenvalue weighted by Crippen LogP contribution is -2.42. The summed E-state index contributed by atoms with van der Waals surface area (Å²) in [5.41, 5.74) is 2.18. The molecule has 0 aliphatic carbocycles. The zero-order chi connectivity index (χ0) is 14.4. The number of hydrogen-bond acceptors (Lipinski definition) is 2. The summed E-state index contributed by atoms with van der Waals surface area (Å²) in [6, 6.07) is 8.03. The van der Waals surface area contributed by atoms with Crippen LogP contribution in [0.25, 0.3) is 0 Å². The average molecular weight is 274 g/mol. The van der Waals surface area contributed by atoms with Crippen molar-refractivity contribution in [2.24, 2.45) is 0 Å². The fourth-order valence-electron chi connectivity index (χ4n) is 2.51. The molecule has 1 aliphatic heterocycles. The second-order valence-corrected chi connectivity index (χ2v) is 5.48. The Morgan fingerprint density at radius 3 is 3.05 bits per heavy atom. The van der Waals surface area contributed by atoms with Crippen LogP contribution in [0.3, 0.4) is 0 Å². The Morgan fingerprint density at radius 1 is 1.40 bits per heavy atom. The maximum Gasteiger partial charge on any atom is 0.224 e. The van der Waals surface area contributed by atoms with Gasteiger partial charge in [-0.05, 0) is 25.3 Å². The average Bonchev–Trinajstić information content (AvgIpc) is 2.61. The van der Waals surface area contributed by atoms with Crippen molar-refractivity contribution >= 4 is 11.8 Å². The number of rotatable bonds is 4. The van der Waals surface area contributed by atoms with Crippen LogP contribution < -0.4 is 10.6 Å². The molecular weight excluding hydrogens is 252 g/mol.